The first kappa shape index (κ1) is 9.97. The monoisotopic (exact) mass is 201 g/mol. The molecule has 0 aliphatic heterocycles. The summed E-state index contributed by atoms with van der Waals surface area (Å²) in [4.78, 5) is 0. The maximum absolute atomic E-state index is 9.09. The van der Waals surface area contributed by atoms with Crippen molar-refractivity contribution in [3.05, 3.63) is 48.0 Å². The lowest BCUT2D eigenvalue weighted by atomic mass is 9.88. The van der Waals surface area contributed by atoms with Crippen molar-refractivity contribution >= 4 is 5.71 Å². The molecule has 1 atom stereocenters. The van der Waals surface area contributed by atoms with Gasteiger partial charge in [-0.05, 0) is 24.8 Å². The molecule has 78 valence electrons. The van der Waals surface area contributed by atoms with Crippen molar-refractivity contribution in [3.8, 4) is 0 Å². The van der Waals surface area contributed by atoms with E-state index in [0.29, 0.717) is 0 Å². The summed E-state index contributed by atoms with van der Waals surface area (Å²) in [6, 6.07) is 9.87. The van der Waals surface area contributed by atoms with Crippen LogP contribution in [0, 0.1) is 5.92 Å². The number of benzene rings is 1. The zero-order chi connectivity index (χ0) is 10.5. The quantitative estimate of drug-likeness (QED) is 0.339. The Hall–Kier alpha value is -1.57. The molecular weight excluding hydrogens is 186 g/mol. The van der Waals surface area contributed by atoms with Crippen molar-refractivity contribution in [2.75, 3.05) is 0 Å². The van der Waals surface area contributed by atoms with E-state index in [1.165, 1.54) is 6.42 Å². The second-order valence-electron chi connectivity index (χ2n) is 3.82. The molecule has 0 amide bonds. The number of hydrogen-bond donors (Lipinski definition) is 1. The third-order valence-electron chi connectivity index (χ3n) is 2.78. The zero-order valence-corrected chi connectivity index (χ0v) is 8.63. The van der Waals surface area contributed by atoms with Gasteiger partial charge in [-0.25, -0.2) is 0 Å². The van der Waals surface area contributed by atoms with Crippen LogP contribution in [0.4, 0.5) is 0 Å². The van der Waals surface area contributed by atoms with Gasteiger partial charge in [0.15, 0.2) is 0 Å². The Bertz CT molecular complexity index is 367. The summed E-state index contributed by atoms with van der Waals surface area (Å²) in [6.45, 7) is 0. The first-order valence-electron chi connectivity index (χ1n) is 5.36. The molecule has 2 heteroatoms. The summed E-state index contributed by atoms with van der Waals surface area (Å²) in [5, 5.41) is 12.5. The van der Waals surface area contributed by atoms with Gasteiger partial charge < -0.3 is 5.21 Å². The Morgan fingerprint density at radius 3 is 2.67 bits per heavy atom. The summed E-state index contributed by atoms with van der Waals surface area (Å²) < 4.78 is 0. The van der Waals surface area contributed by atoms with Crippen LogP contribution < -0.4 is 0 Å². The highest BCUT2D eigenvalue weighted by atomic mass is 16.4. The van der Waals surface area contributed by atoms with Gasteiger partial charge in [0.2, 0.25) is 0 Å². The van der Waals surface area contributed by atoms with Gasteiger partial charge >= 0.3 is 0 Å². The van der Waals surface area contributed by atoms with Gasteiger partial charge in [-0.2, -0.15) is 0 Å². The van der Waals surface area contributed by atoms with E-state index in [-0.39, 0.29) is 5.92 Å². The lowest BCUT2D eigenvalue weighted by Gasteiger charge is -2.17. The molecule has 1 unspecified atom stereocenters. The van der Waals surface area contributed by atoms with Gasteiger partial charge in [-0.1, -0.05) is 47.6 Å². The molecule has 0 bridgehead atoms. The van der Waals surface area contributed by atoms with E-state index in [1.807, 2.05) is 30.3 Å². The first-order chi connectivity index (χ1) is 7.42. The lowest BCUT2D eigenvalue weighted by Crippen LogP contribution is -2.15. The average Bonchev–Trinajstić information content (AvgIpc) is 2.33. The minimum Gasteiger partial charge on any atom is -0.411 e. The van der Waals surface area contributed by atoms with E-state index in [0.717, 1.165) is 24.1 Å². The molecule has 0 saturated carbocycles. The van der Waals surface area contributed by atoms with E-state index in [9.17, 15) is 0 Å². The molecule has 0 heterocycles. The van der Waals surface area contributed by atoms with Crippen LogP contribution in [0.25, 0.3) is 0 Å². The van der Waals surface area contributed by atoms with E-state index < -0.39 is 0 Å². The number of rotatable bonds is 2. The largest absolute Gasteiger partial charge is 0.411 e. The predicted molar refractivity (Wildman–Crippen MR) is 61.2 cm³/mol. The zero-order valence-electron chi connectivity index (χ0n) is 8.63. The van der Waals surface area contributed by atoms with Crippen LogP contribution in [-0.2, 0) is 0 Å². The second-order valence-corrected chi connectivity index (χ2v) is 3.82. The van der Waals surface area contributed by atoms with Crippen molar-refractivity contribution in [1.29, 1.82) is 0 Å². The maximum Gasteiger partial charge on any atom is 0.0936 e. The van der Waals surface area contributed by atoms with Gasteiger partial charge in [0.05, 0.1) is 5.71 Å². The van der Waals surface area contributed by atoms with Crippen LogP contribution in [0.15, 0.2) is 47.6 Å². The molecule has 1 aromatic carbocycles. The van der Waals surface area contributed by atoms with Gasteiger partial charge in [0.25, 0.3) is 0 Å². The van der Waals surface area contributed by atoms with Crippen LogP contribution in [0.3, 0.4) is 0 Å². The van der Waals surface area contributed by atoms with Gasteiger partial charge in [0, 0.05) is 5.92 Å². The molecule has 1 aliphatic carbocycles. The number of hydrogen-bond acceptors (Lipinski definition) is 2. The van der Waals surface area contributed by atoms with Crippen molar-refractivity contribution in [2.45, 2.75) is 19.3 Å². The van der Waals surface area contributed by atoms with Crippen molar-refractivity contribution in [1.82, 2.24) is 0 Å². The Kier molecular flexibility index (Phi) is 3.18. The molecule has 1 aliphatic rings. The standard InChI is InChI=1S/C13H15NO/c15-14-13(11-7-3-1-4-8-11)12-9-5-2-6-10-12/h1,3-5,7-9,12,15H,2,6,10H2/b14-13-. The number of allylic oxidation sites excluding steroid dienone is 2. The molecule has 1 N–H and O–H groups in total. The Morgan fingerprint density at radius 1 is 1.27 bits per heavy atom. The summed E-state index contributed by atoms with van der Waals surface area (Å²) >= 11 is 0. The summed E-state index contributed by atoms with van der Waals surface area (Å²) in [5.41, 5.74) is 1.79. The topological polar surface area (TPSA) is 32.6 Å². The SMILES string of the molecule is O/N=C(/c1ccccc1)C1C=CCCC1. The summed E-state index contributed by atoms with van der Waals surface area (Å²) in [7, 11) is 0. The van der Waals surface area contributed by atoms with Crippen molar-refractivity contribution < 1.29 is 5.21 Å². The molecule has 2 rings (SSSR count). The van der Waals surface area contributed by atoms with Crippen LogP contribution >= 0.6 is 0 Å². The summed E-state index contributed by atoms with van der Waals surface area (Å²) in [5.74, 6) is 0.270. The molecular formula is C13H15NO. The minimum atomic E-state index is 0.270. The van der Waals surface area contributed by atoms with E-state index in [1.54, 1.807) is 0 Å². The lowest BCUT2D eigenvalue weighted by molar-refractivity contribution is 0.316. The third kappa shape index (κ3) is 2.27. The molecule has 0 aromatic heterocycles. The van der Waals surface area contributed by atoms with Crippen LogP contribution in [0.1, 0.15) is 24.8 Å². The molecule has 1 aromatic rings. The highest BCUT2D eigenvalue weighted by Crippen LogP contribution is 2.21. The highest BCUT2D eigenvalue weighted by molar-refractivity contribution is 6.02. The van der Waals surface area contributed by atoms with Crippen molar-refractivity contribution in [3.63, 3.8) is 0 Å². The molecule has 0 spiro atoms. The average molecular weight is 201 g/mol. The van der Waals surface area contributed by atoms with Gasteiger partial charge in [-0.3, -0.25) is 0 Å². The van der Waals surface area contributed by atoms with Crippen LogP contribution in [0.5, 0.6) is 0 Å². The van der Waals surface area contributed by atoms with Gasteiger partial charge in [-0.15, -0.1) is 0 Å². The summed E-state index contributed by atoms with van der Waals surface area (Å²) in [6.07, 6.45) is 7.70. The normalized spacial score (nSPS) is 21.6. The molecule has 0 radical (unpaired) electrons. The van der Waals surface area contributed by atoms with Gasteiger partial charge in [0.1, 0.15) is 0 Å². The molecule has 0 fully saturated rings. The second kappa shape index (κ2) is 4.78. The Labute approximate surface area is 89.9 Å². The number of oxime groups is 1. The number of nitrogens with zero attached hydrogens (tertiary/aromatic N) is 1. The smallest absolute Gasteiger partial charge is 0.0936 e. The molecule has 15 heavy (non-hydrogen) atoms. The van der Waals surface area contributed by atoms with E-state index in [2.05, 4.69) is 17.3 Å². The first-order valence-corrected chi connectivity index (χ1v) is 5.36. The molecule has 2 nitrogen and oxygen atoms in total. The van der Waals surface area contributed by atoms with Crippen LogP contribution in [0.2, 0.25) is 0 Å². The Balaban J connectivity index is 2.25. The highest BCUT2D eigenvalue weighted by Gasteiger charge is 2.17. The minimum absolute atomic E-state index is 0.270. The van der Waals surface area contributed by atoms with E-state index in [4.69, 9.17) is 5.21 Å². The Morgan fingerprint density at radius 2 is 2.07 bits per heavy atom. The fraction of sp³-hybridized carbons (Fsp3) is 0.308. The fourth-order valence-corrected chi connectivity index (χ4v) is 2.00. The molecule has 0 saturated heterocycles. The van der Waals surface area contributed by atoms with Crippen molar-refractivity contribution in [2.24, 2.45) is 11.1 Å². The van der Waals surface area contributed by atoms with Crippen LogP contribution in [-0.4, -0.2) is 10.9 Å². The predicted octanol–water partition coefficient (Wildman–Crippen LogP) is 3.22. The fourth-order valence-electron chi connectivity index (χ4n) is 2.00. The van der Waals surface area contributed by atoms with E-state index >= 15 is 0 Å². The maximum atomic E-state index is 9.09. The third-order valence-corrected chi connectivity index (χ3v) is 2.78.